The number of hydrogen-bond donors (Lipinski definition) is 0. The zero-order valence-electron chi connectivity index (χ0n) is 25.4. The highest BCUT2D eigenvalue weighted by molar-refractivity contribution is 5.90. The highest BCUT2D eigenvalue weighted by atomic mass is 19.1. The predicted octanol–water partition coefficient (Wildman–Crippen LogP) is 6.93. The lowest BCUT2D eigenvalue weighted by atomic mass is 9.65. The van der Waals surface area contributed by atoms with E-state index in [0.717, 1.165) is 16.0 Å². The van der Waals surface area contributed by atoms with Crippen LogP contribution in [-0.4, -0.2) is 47.1 Å². The van der Waals surface area contributed by atoms with Crippen LogP contribution in [0.5, 0.6) is 0 Å². The number of aldehydes is 1. The van der Waals surface area contributed by atoms with E-state index in [9.17, 15) is 14.4 Å². The molecule has 0 spiro atoms. The fourth-order valence-electron chi connectivity index (χ4n) is 4.93. The summed E-state index contributed by atoms with van der Waals surface area (Å²) in [5.41, 5.74) is -3.27. The number of rotatable bonds is 10. The van der Waals surface area contributed by atoms with Crippen LogP contribution in [0, 0.1) is 5.92 Å². The normalized spacial score (nSPS) is 15.4. The molecule has 2 aromatic carbocycles. The number of halogens is 1. The lowest BCUT2D eigenvalue weighted by Gasteiger charge is -2.49. The average Bonchev–Trinajstić information content (AvgIpc) is 2.84. The molecule has 1 amide bonds. The Morgan fingerprint density at radius 3 is 1.93 bits per heavy atom. The second-order valence-electron chi connectivity index (χ2n) is 12.8. The minimum Gasteiger partial charge on any atom is -0.444 e. The van der Waals surface area contributed by atoms with Gasteiger partial charge in [0.1, 0.15) is 24.2 Å². The SMILES string of the molecule is CC(C=O)[C@@](C(=O)OOCc1ccccc1)(C(c1ccc(C(C)(C)C)cc1)C(C)(C)F)N(C)C(=O)OC(C)(C)C. The van der Waals surface area contributed by atoms with Crippen molar-refractivity contribution in [3.05, 3.63) is 71.3 Å². The smallest absolute Gasteiger partial charge is 0.411 e. The number of ether oxygens (including phenoxy) is 1. The number of carbonyl (C=O) groups is 3. The molecule has 0 N–H and O–H groups in total. The van der Waals surface area contributed by atoms with E-state index in [-0.39, 0.29) is 12.0 Å². The Kier molecular flexibility index (Phi) is 10.3. The molecule has 0 saturated heterocycles. The third kappa shape index (κ3) is 7.68. The Morgan fingerprint density at radius 1 is 0.925 bits per heavy atom. The minimum atomic E-state index is -2.18. The highest BCUT2D eigenvalue weighted by Gasteiger charge is 2.62. The molecule has 3 atom stereocenters. The largest absolute Gasteiger partial charge is 0.444 e. The zero-order chi connectivity index (χ0) is 30.5. The van der Waals surface area contributed by atoms with Gasteiger partial charge in [0.05, 0.1) is 5.92 Å². The van der Waals surface area contributed by atoms with Gasteiger partial charge in [-0.2, -0.15) is 4.89 Å². The second-order valence-corrected chi connectivity index (χ2v) is 12.8. The number of hydrogen-bond acceptors (Lipinski definition) is 6. The summed E-state index contributed by atoms with van der Waals surface area (Å²) in [7, 11) is 1.31. The summed E-state index contributed by atoms with van der Waals surface area (Å²) in [4.78, 5) is 51.7. The summed E-state index contributed by atoms with van der Waals surface area (Å²) in [5, 5.41) is 0. The minimum absolute atomic E-state index is 0.0851. The van der Waals surface area contributed by atoms with Gasteiger partial charge in [0, 0.05) is 13.0 Å². The van der Waals surface area contributed by atoms with Gasteiger partial charge < -0.3 is 9.53 Å². The van der Waals surface area contributed by atoms with Gasteiger partial charge in [0.15, 0.2) is 5.54 Å². The molecular weight excluding hydrogens is 513 g/mol. The van der Waals surface area contributed by atoms with Gasteiger partial charge >= 0.3 is 12.1 Å². The van der Waals surface area contributed by atoms with E-state index in [4.69, 9.17) is 14.5 Å². The van der Waals surface area contributed by atoms with Crippen molar-refractivity contribution in [2.24, 2.45) is 5.92 Å². The molecule has 2 unspecified atom stereocenters. The Hall–Kier alpha value is -3.26. The molecular formula is C32H44FNO6. The maximum atomic E-state index is 16.4. The van der Waals surface area contributed by atoms with Gasteiger partial charge in [0.25, 0.3) is 0 Å². The number of benzene rings is 2. The predicted molar refractivity (Wildman–Crippen MR) is 152 cm³/mol. The van der Waals surface area contributed by atoms with Crippen LogP contribution in [0.4, 0.5) is 9.18 Å². The Morgan fingerprint density at radius 2 is 1.48 bits per heavy atom. The standard InChI is InChI=1S/C32H44FNO6/c1-22(20-35)32(34(10)28(37)39-30(5,6)7,27(36)40-38-21-23-14-12-11-13-15-23)26(31(8,9)33)24-16-18-25(19-17-24)29(2,3)4/h11-20,22,26H,21H2,1-10H3/t22?,26?,32-/m0/s1. The quantitative estimate of drug-likeness (QED) is 0.179. The fourth-order valence-corrected chi connectivity index (χ4v) is 4.93. The van der Waals surface area contributed by atoms with Crippen LogP contribution in [0.3, 0.4) is 0 Å². The van der Waals surface area contributed by atoms with Gasteiger partial charge in [-0.1, -0.05) is 82.3 Å². The molecule has 2 rings (SSSR count). The summed E-state index contributed by atoms with van der Waals surface area (Å²) in [6.07, 6.45) is -0.400. The van der Waals surface area contributed by atoms with Crippen LogP contribution in [0.25, 0.3) is 0 Å². The van der Waals surface area contributed by atoms with Gasteiger partial charge in [-0.05, 0) is 56.7 Å². The molecule has 0 fully saturated rings. The van der Waals surface area contributed by atoms with Crippen molar-refractivity contribution >= 4 is 18.3 Å². The Bertz CT molecular complexity index is 1150. The summed E-state index contributed by atoms with van der Waals surface area (Å²) >= 11 is 0. The molecule has 0 aliphatic rings. The van der Waals surface area contributed by atoms with Crippen LogP contribution in [0.2, 0.25) is 0 Å². The van der Waals surface area contributed by atoms with Gasteiger partial charge in [-0.15, -0.1) is 0 Å². The van der Waals surface area contributed by atoms with Crippen LogP contribution >= 0.6 is 0 Å². The lowest BCUT2D eigenvalue weighted by Crippen LogP contribution is -2.67. The van der Waals surface area contributed by atoms with E-state index in [2.05, 4.69) is 20.8 Å². The maximum absolute atomic E-state index is 16.4. The van der Waals surface area contributed by atoms with E-state index in [1.54, 1.807) is 57.2 Å². The van der Waals surface area contributed by atoms with E-state index >= 15 is 4.39 Å². The van der Waals surface area contributed by atoms with Crippen LogP contribution in [-0.2, 0) is 36.1 Å². The fraction of sp³-hybridized carbons (Fsp3) is 0.531. The first-order valence-electron chi connectivity index (χ1n) is 13.4. The lowest BCUT2D eigenvalue weighted by molar-refractivity contribution is -0.291. The summed E-state index contributed by atoms with van der Waals surface area (Å²) in [6.45, 7) is 15.2. The van der Waals surface area contributed by atoms with E-state index in [1.807, 2.05) is 18.2 Å². The van der Waals surface area contributed by atoms with Crippen molar-refractivity contribution in [2.45, 2.75) is 97.1 Å². The van der Waals surface area contributed by atoms with Crippen molar-refractivity contribution in [2.75, 3.05) is 7.05 Å². The third-order valence-corrected chi connectivity index (χ3v) is 6.89. The molecule has 2 aromatic rings. The van der Waals surface area contributed by atoms with Gasteiger partial charge in [0.2, 0.25) is 0 Å². The molecule has 0 aliphatic heterocycles. The summed E-state index contributed by atoms with van der Waals surface area (Å²) in [6, 6.07) is 16.2. The first-order valence-corrected chi connectivity index (χ1v) is 13.4. The second kappa shape index (κ2) is 12.5. The van der Waals surface area contributed by atoms with Crippen molar-refractivity contribution in [1.82, 2.24) is 4.90 Å². The number of alkyl halides is 1. The Balaban J connectivity index is 2.75. The zero-order valence-corrected chi connectivity index (χ0v) is 25.4. The molecule has 40 heavy (non-hydrogen) atoms. The molecule has 0 aromatic heterocycles. The molecule has 0 aliphatic carbocycles. The number of nitrogens with zero attached hydrogens (tertiary/aromatic N) is 1. The Labute approximate surface area is 237 Å². The van der Waals surface area contributed by atoms with Crippen molar-refractivity contribution in [3.63, 3.8) is 0 Å². The molecule has 0 radical (unpaired) electrons. The van der Waals surface area contributed by atoms with Gasteiger partial charge in [-0.3, -0.25) is 9.79 Å². The first-order chi connectivity index (χ1) is 18.4. The topological polar surface area (TPSA) is 82.1 Å². The molecule has 0 bridgehead atoms. The van der Waals surface area contributed by atoms with Crippen LogP contribution < -0.4 is 0 Å². The third-order valence-electron chi connectivity index (χ3n) is 6.89. The molecule has 0 saturated carbocycles. The molecule has 0 heterocycles. The van der Waals surface area contributed by atoms with E-state index in [0.29, 0.717) is 11.8 Å². The van der Waals surface area contributed by atoms with E-state index in [1.165, 1.54) is 27.8 Å². The maximum Gasteiger partial charge on any atom is 0.411 e. The highest BCUT2D eigenvalue weighted by Crippen LogP contribution is 2.48. The number of likely N-dealkylation sites (N-methyl/N-ethyl adjacent to an activating group) is 1. The van der Waals surface area contributed by atoms with Crippen molar-refractivity contribution < 1.29 is 33.3 Å². The summed E-state index contributed by atoms with van der Waals surface area (Å²) in [5.74, 6) is -3.66. The van der Waals surface area contributed by atoms with E-state index < -0.39 is 40.7 Å². The first kappa shape index (κ1) is 32.9. The van der Waals surface area contributed by atoms with Gasteiger partial charge in [-0.25, -0.2) is 14.0 Å². The molecule has 8 heteroatoms. The van der Waals surface area contributed by atoms with Crippen molar-refractivity contribution in [1.29, 1.82) is 0 Å². The van der Waals surface area contributed by atoms with Crippen LogP contribution in [0.1, 0.15) is 84.9 Å². The molecule has 220 valence electrons. The number of carbonyl (C=O) groups excluding carboxylic acids is 3. The summed E-state index contributed by atoms with van der Waals surface area (Å²) < 4.78 is 22.0. The molecule has 7 nitrogen and oxygen atoms in total. The average molecular weight is 558 g/mol. The van der Waals surface area contributed by atoms with Crippen LogP contribution in [0.15, 0.2) is 54.6 Å². The monoisotopic (exact) mass is 557 g/mol. The number of amides is 1. The van der Waals surface area contributed by atoms with Crippen molar-refractivity contribution in [3.8, 4) is 0 Å².